The van der Waals surface area contributed by atoms with Gasteiger partial charge in [-0.2, -0.15) is 0 Å². The fraction of sp³-hybridized carbons (Fsp3) is 0.400. The van der Waals surface area contributed by atoms with Crippen LogP contribution in [0.5, 0.6) is 0 Å². The van der Waals surface area contributed by atoms with Crippen molar-refractivity contribution < 1.29 is 4.74 Å². The molecule has 0 atom stereocenters. The molecule has 1 aliphatic rings. The third kappa shape index (κ3) is 2.01. The first-order valence-electron chi connectivity index (χ1n) is 3.22. The number of nitrogens with one attached hydrogen (secondary N) is 1. The van der Waals surface area contributed by atoms with E-state index in [1.54, 1.807) is 6.08 Å². The minimum atomic E-state index is 0.315. The third-order valence-corrected chi connectivity index (χ3v) is 1.03. The highest BCUT2D eigenvalue weighted by atomic mass is 16.5. The van der Waals surface area contributed by atoms with Crippen LogP contribution in [0.15, 0.2) is 17.1 Å². The summed E-state index contributed by atoms with van der Waals surface area (Å²) in [5.41, 5.74) is 8.01. The third-order valence-electron chi connectivity index (χ3n) is 1.03. The van der Waals surface area contributed by atoms with Gasteiger partial charge in [-0.05, 0) is 6.92 Å². The van der Waals surface area contributed by atoms with Crippen LogP contribution in [0.4, 0.5) is 0 Å². The molecule has 1 rings (SSSR count). The Kier molecular flexibility index (Phi) is 2.17. The van der Waals surface area contributed by atoms with Gasteiger partial charge < -0.3 is 10.5 Å². The van der Waals surface area contributed by atoms with Crippen molar-refractivity contribution in [2.45, 2.75) is 6.92 Å². The lowest BCUT2D eigenvalue weighted by Gasteiger charge is -2.20. The van der Waals surface area contributed by atoms with Gasteiger partial charge in [0.15, 0.2) is 5.84 Å². The van der Waals surface area contributed by atoms with Crippen molar-refractivity contribution in [1.82, 2.24) is 10.7 Å². The predicted molar refractivity (Wildman–Crippen MR) is 40.5 cm³/mol. The normalized spacial score (nSPS) is 16.7. The summed E-state index contributed by atoms with van der Waals surface area (Å²) < 4.78 is 5.09. The number of nitrogens with two attached hydrogens (primary N) is 2. The summed E-state index contributed by atoms with van der Waals surface area (Å²) in [4.78, 5) is 0. The number of ether oxygens (including phenoxy) is 1. The van der Waals surface area contributed by atoms with E-state index >= 15 is 0 Å². The standard InChI is InChI=1S/C5H11N5O/c1-2-11-5-3-4(6)8-10(7)9-5/h3,9H,2,7H2,1H3,(H2,6,8). The van der Waals surface area contributed by atoms with Crippen LogP contribution in [0.2, 0.25) is 0 Å². The minimum absolute atomic E-state index is 0.315. The first kappa shape index (κ1) is 7.67. The van der Waals surface area contributed by atoms with Crippen molar-refractivity contribution >= 4 is 5.84 Å². The number of nitrogens with zero attached hydrogens (tertiary/aromatic N) is 2. The first-order valence-corrected chi connectivity index (χ1v) is 3.22. The zero-order chi connectivity index (χ0) is 8.27. The molecule has 0 fully saturated rings. The van der Waals surface area contributed by atoms with Gasteiger partial charge in [-0.15, -0.1) is 10.3 Å². The summed E-state index contributed by atoms with van der Waals surface area (Å²) in [5, 5.41) is 4.65. The van der Waals surface area contributed by atoms with E-state index < -0.39 is 0 Å². The van der Waals surface area contributed by atoms with E-state index in [4.69, 9.17) is 16.3 Å². The van der Waals surface area contributed by atoms with Crippen molar-refractivity contribution in [3.8, 4) is 0 Å². The highest BCUT2D eigenvalue weighted by Gasteiger charge is 2.07. The SMILES string of the molecule is CCOC1=CC(N)=NN(N)N1. The molecule has 0 bridgehead atoms. The smallest absolute Gasteiger partial charge is 0.212 e. The van der Waals surface area contributed by atoms with Gasteiger partial charge in [0, 0.05) is 6.08 Å². The van der Waals surface area contributed by atoms with E-state index in [-0.39, 0.29) is 0 Å². The van der Waals surface area contributed by atoms with Gasteiger partial charge in [0.1, 0.15) is 0 Å². The predicted octanol–water partition coefficient (Wildman–Crippen LogP) is -1.17. The highest BCUT2D eigenvalue weighted by molar-refractivity contribution is 5.91. The van der Waals surface area contributed by atoms with Crippen LogP contribution in [0.1, 0.15) is 6.92 Å². The van der Waals surface area contributed by atoms with Crippen LogP contribution in [0.3, 0.4) is 0 Å². The Labute approximate surface area is 64.4 Å². The molecule has 6 nitrogen and oxygen atoms in total. The maximum Gasteiger partial charge on any atom is 0.212 e. The molecule has 5 N–H and O–H groups in total. The Morgan fingerprint density at radius 3 is 3.09 bits per heavy atom. The molecular formula is C5H11N5O. The fourth-order valence-electron chi connectivity index (χ4n) is 0.687. The van der Waals surface area contributed by atoms with Crippen LogP contribution in [0.25, 0.3) is 0 Å². The van der Waals surface area contributed by atoms with Crippen LogP contribution in [-0.2, 0) is 4.74 Å². The van der Waals surface area contributed by atoms with Gasteiger partial charge in [0.05, 0.1) is 6.61 Å². The van der Waals surface area contributed by atoms with Crippen molar-refractivity contribution in [2.75, 3.05) is 6.61 Å². The molecule has 0 aliphatic carbocycles. The number of amidine groups is 1. The van der Waals surface area contributed by atoms with Crippen molar-refractivity contribution in [3.63, 3.8) is 0 Å². The van der Waals surface area contributed by atoms with Crippen molar-refractivity contribution in [3.05, 3.63) is 12.0 Å². The summed E-state index contributed by atoms with van der Waals surface area (Å²) in [6.45, 7) is 2.42. The Hall–Kier alpha value is -1.43. The molecule has 0 aromatic carbocycles. The average Bonchev–Trinajstić information content (AvgIpc) is 1.85. The quantitative estimate of drug-likeness (QED) is 0.439. The molecule has 6 heteroatoms. The van der Waals surface area contributed by atoms with E-state index in [0.717, 1.165) is 5.23 Å². The van der Waals surface area contributed by atoms with Crippen LogP contribution in [0, 0.1) is 0 Å². The lowest BCUT2D eigenvalue weighted by molar-refractivity contribution is 0.119. The lowest BCUT2D eigenvalue weighted by Crippen LogP contribution is -2.44. The zero-order valence-corrected chi connectivity index (χ0v) is 6.24. The van der Waals surface area contributed by atoms with E-state index in [9.17, 15) is 0 Å². The van der Waals surface area contributed by atoms with Gasteiger partial charge in [-0.3, -0.25) is 0 Å². The van der Waals surface area contributed by atoms with E-state index in [1.807, 2.05) is 6.92 Å². The largest absolute Gasteiger partial charge is 0.478 e. The molecule has 0 unspecified atom stereocenters. The Morgan fingerprint density at radius 2 is 2.55 bits per heavy atom. The highest BCUT2D eigenvalue weighted by Crippen LogP contribution is 1.97. The van der Waals surface area contributed by atoms with Crippen LogP contribution < -0.4 is 17.0 Å². The second-order valence-electron chi connectivity index (χ2n) is 1.92. The molecule has 0 saturated heterocycles. The van der Waals surface area contributed by atoms with E-state index in [0.29, 0.717) is 18.3 Å². The molecule has 0 radical (unpaired) electrons. The summed E-state index contributed by atoms with van der Waals surface area (Å²) in [6.07, 6.45) is 1.56. The molecule has 0 spiro atoms. The first-order chi connectivity index (χ1) is 5.22. The molecule has 1 heterocycles. The summed E-state index contributed by atoms with van der Waals surface area (Å²) in [5.74, 6) is 6.10. The molecular weight excluding hydrogens is 146 g/mol. The molecule has 1 aliphatic heterocycles. The number of hydrazone groups is 1. The Morgan fingerprint density at radius 1 is 1.82 bits per heavy atom. The monoisotopic (exact) mass is 157 g/mol. The molecule has 0 saturated carbocycles. The van der Waals surface area contributed by atoms with E-state index in [1.165, 1.54) is 0 Å². The van der Waals surface area contributed by atoms with Crippen molar-refractivity contribution in [1.29, 1.82) is 0 Å². The molecule has 62 valence electrons. The van der Waals surface area contributed by atoms with Gasteiger partial charge in [0.2, 0.25) is 5.88 Å². The lowest BCUT2D eigenvalue weighted by atomic mass is 10.5. The minimum Gasteiger partial charge on any atom is -0.478 e. The number of hydrazine groups is 2. The second-order valence-corrected chi connectivity index (χ2v) is 1.92. The maximum absolute atomic E-state index is 5.38. The van der Waals surface area contributed by atoms with Gasteiger partial charge >= 0.3 is 0 Å². The van der Waals surface area contributed by atoms with E-state index in [2.05, 4.69) is 10.5 Å². The molecule has 0 aromatic rings. The van der Waals surface area contributed by atoms with Crippen molar-refractivity contribution in [2.24, 2.45) is 16.7 Å². The second kappa shape index (κ2) is 3.11. The molecule has 11 heavy (non-hydrogen) atoms. The summed E-state index contributed by atoms with van der Waals surface area (Å²) >= 11 is 0. The van der Waals surface area contributed by atoms with Gasteiger partial charge in [0.25, 0.3) is 0 Å². The Balaban J connectivity index is 2.60. The number of hydrogen-bond donors (Lipinski definition) is 3. The van der Waals surface area contributed by atoms with Gasteiger partial charge in [-0.25, -0.2) is 11.3 Å². The number of rotatable bonds is 2. The van der Waals surface area contributed by atoms with Crippen LogP contribution in [-0.4, -0.2) is 17.7 Å². The fourth-order valence-corrected chi connectivity index (χ4v) is 0.687. The van der Waals surface area contributed by atoms with Crippen LogP contribution >= 0.6 is 0 Å². The number of hydrogen-bond acceptors (Lipinski definition) is 6. The summed E-state index contributed by atoms with van der Waals surface area (Å²) in [7, 11) is 0. The summed E-state index contributed by atoms with van der Waals surface area (Å²) in [6, 6.07) is 0. The Bertz CT molecular complexity index is 199. The zero-order valence-electron chi connectivity index (χ0n) is 6.24. The molecule has 0 aromatic heterocycles. The van der Waals surface area contributed by atoms with Gasteiger partial charge in [-0.1, -0.05) is 0 Å². The molecule has 0 amide bonds. The topological polar surface area (TPSA) is 88.9 Å². The average molecular weight is 157 g/mol. The maximum atomic E-state index is 5.38.